The van der Waals surface area contributed by atoms with E-state index in [4.69, 9.17) is 27.9 Å². The first-order chi connectivity index (χ1) is 17.8. The molecule has 2 heterocycles. The van der Waals surface area contributed by atoms with Crippen LogP contribution in [0.1, 0.15) is 43.8 Å². The third-order valence-electron chi connectivity index (χ3n) is 7.21. The van der Waals surface area contributed by atoms with Gasteiger partial charge in [0.2, 0.25) is 0 Å². The molecule has 1 atom stereocenters. The van der Waals surface area contributed by atoms with Gasteiger partial charge in [-0.1, -0.05) is 29.3 Å². The van der Waals surface area contributed by atoms with Gasteiger partial charge in [-0.2, -0.15) is 0 Å². The molecule has 1 fully saturated rings. The lowest BCUT2D eigenvalue weighted by Crippen LogP contribution is -2.44. The van der Waals surface area contributed by atoms with Crippen LogP contribution in [0.25, 0.3) is 10.9 Å². The number of nitrogens with zero attached hydrogens (tertiary/aromatic N) is 2. The summed E-state index contributed by atoms with van der Waals surface area (Å²) in [6, 6.07) is 13.1. The van der Waals surface area contributed by atoms with Gasteiger partial charge in [-0.25, -0.2) is 4.39 Å². The molecule has 0 saturated carbocycles. The fourth-order valence-corrected chi connectivity index (χ4v) is 6.39. The summed E-state index contributed by atoms with van der Waals surface area (Å²) in [6.07, 6.45) is 2.41. The molecule has 1 aliphatic heterocycles. The molecule has 198 valence electrons. The molecule has 1 unspecified atom stereocenters. The van der Waals surface area contributed by atoms with Gasteiger partial charge in [0.15, 0.2) is 0 Å². The number of halogens is 3. The third-order valence-corrected chi connectivity index (χ3v) is 8.82. The van der Waals surface area contributed by atoms with E-state index in [1.807, 2.05) is 18.2 Å². The summed E-state index contributed by atoms with van der Waals surface area (Å²) >= 11 is 14.2. The molecule has 4 rings (SSSR count). The number of carboxylic acid groups (broad SMARTS) is 1. The van der Waals surface area contributed by atoms with Crippen LogP contribution in [-0.2, 0) is 4.79 Å². The Labute approximate surface area is 231 Å². The maximum absolute atomic E-state index is 15.6. The summed E-state index contributed by atoms with van der Waals surface area (Å²) in [6.45, 7) is 2.30. The minimum Gasteiger partial charge on any atom is -0.497 e. The first-order valence-corrected chi connectivity index (χ1v) is 14.2. The highest BCUT2D eigenvalue weighted by Gasteiger charge is 2.41. The topological polar surface area (TPSA) is 62.7 Å². The fourth-order valence-electron chi connectivity index (χ4n) is 4.97. The Balaban J connectivity index is 1.33. The van der Waals surface area contributed by atoms with Gasteiger partial charge in [0.1, 0.15) is 11.9 Å². The maximum atomic E-state index is 15.6. The van der Waals surface area contributed by atoms with E-state index in [0.29, 0.717) is 48.1 Å². The number of benzene rings is 2. The molecule has 0 bridgehead atoms. The number of likely N-dealkylation sites (tertiary alicyclic amines) is 1. The van der Waals surface area contributed by atoms with E-state index in [0.717, 1.165) is 28.6 Å². The van der Waals surface area contributed by atoms with Crippen molar-refractivity contribution in [2.45, 2.75) is 43.2 Å². The van der Waals surface area contributed by atoms with Gasteiger partial charge in [-0.15, -0.1) is 11.8 Å². The van der Waals surface area contributed by atoms with Gasteiger partial charge in [-0.3, -0.25) is 9.78 Å². The highest BCUT2D eigenvalue weighted by Crippen LogP contribution is 2.42. The minimum atomic E-state index is -1.40. The largest absolute Gasteiger partial charge is 0.497 e. The Kier molecular flexibility index (Phi) is 9.57. The van der Waals surface area contributed by atoms with Crippen molar-refractivity contribution in [3.63, 3.8) is 0 Å². The van der Waals surface area contributed by atoms with Crippen LogP contribution in [-0.4, -0.2) is 53.5 Å². The molecule has 1 N–H and O–H groups in total. The summed E-state index contributed by atoms with van der Waals surface area (Å²) < 4.78 is 20.9. The van der Waals surface area contributed by atoms with Crippen molar-refractivity contribution < 1.29 is 19.0 Å². The predicted molar refractivity (Wildman–Crippen MR) is 149 cm³/mol. The summed E-state index contributed by atoms with van der Waals surface area (Å²) in [5.74, 6) is 0.712. The Bertz CT molecular complexity index is 1240. The molecular weight excluding hydrogens is 534 g/mol. The number of alkyl halides is 1. The minimum absolute atomic E-state index is 0.0820. The van der Waals surface area contributed by atoms with Gasteiger partial charge in [0, 0.05) is 27.1 Å². The number of hydrogen-bond donors (Lipinski definition) is 1. The Morgan fingerprint density at radius 3 is 2.73 bits per heavy atom. The first kappa shape index (κ1) is 28.0. The van der Waals surface area contributed by atoms with Crippen LogP contribution in [0.2, 0.25) is 10.0 Å². The summed E-state index contributed by atoms with van der Waals surface area (Å²) in [7, 11) is 1.55. The number of aliphatic carboxylic acids is 1. The second-order valence-corrected chi connectivity index (χ2v) is 11.5. The van der Waals surface area contributed by atoms with Crippen LogP contribution in [0.15, 0.2) is 53.6 Å². The molecule has 5 nitrogen and oxygen atoms in total. The van der Waals surface area contributed by atoms with E-state index < -0.39 is 17.6 Å². The monoisotopic (exact) mass is 564 g/mol. The third kappa shape index (κ3) is 6.88. The lowest BCUT2D eigenvalue weighted by atomic mass is 9.74. The van der Waals surface area contributed by atoms with Gasteiger partial charge >= 0.3 is 5.97 Å². The molecule has 0 spiro atoms. The average Bonchev–Trinajstić information content (AvgIpc) is 2.90. The van der Waals surface area contributed by atoms with Crippen molar-refractivity contribution in [1.29, 1.82) is 0 Å². The number of piperidine rings is 1. The zero-order valence-electron chi connectivity index (χ0n) is 20.8. The Hall–Kier alpha value is -2.06. The summed E-state index contributed by atoms with van der Waals surface area (Å²) in [5, 5.41) is 11.7. The van der Waals surface area contributed by atoms with E-state index in [1.165, 1.54) is 6.20 Å². The van der Waals surface area contributed by atoms with Gasteiger partial charge in [0.05, 0.1) is 23.1 Å². The average molecular weight is 566 g/mol. The molecule has 1 aromatic heterocycles. The molecule has 9 heteroatoms. The fraction of sp³-hybridized carbons (Fsp3) is 0.429. The number of fused-ring (bicyclic) bond motifs is 1. The predicted octanol–water partition coefficient (Wildman–Crippen LogP) is 7.69. The van der Waals surface area contributed by atoms with E-state index in [-0.39, 0.29) is 17.9 Å². The van der Waals surface area contributed by atoms with Crippen LogP contribution in [0.3, 0.4) is 0 Å². The summed E-state index contributed by atoms with van der Waals surface area (Å²) in [5.41, 5.74) is 0.0435. The molecular formula is C28H31Cl2FN2O3S. The molecule has 37 heavy (non-hydrogen) atoms. The van der Waals surface area contributed by atoms with E-state index in [2.05, 4.69) is 16.0 Å². The molecule has 0 aliphatic carbocycles. The molecule has 2 aromatic carbocycles. The lowest BCUT2D eigenvalue weighted by molar-refractivity contribution is -0.153. The van der Waals surface area contributed by atoms with Crippen molar-refractivity contribution in [1.82, 2.24) is 9.88 Å². The number of methoxy groups -OCH3 is 1. The zero-order valence-corrected chi connectivity index (χ0v) is 23.1. The number of hydrogen-bond acceptors (Lipinski definition) is 5. The van der Waals surface area contributed by atoms with Crippen molar-refractivity contribution in [2.24, 2.45) is 5.41 Å². The van der Waals surface area contributed by atoms with Gasteiger partial charge in [0.25, 0.3) is 0 Å². The lowest BCUT2D eigenvalue weighted by Gasteiger charge is -2.39. The van der Waals surface area contributed by atoms with E-state index >= 15 is 4.39 Å². The molecule has 1 saturated heterocycles. The molecule has 0 radical (unpaired) electrons. The normalized spacial score (nSPS) is 16.5. The Morgan fingerprint density at radius 1 is 1.24 bits per heavy atom. The van der Waals surface area contributed by atoms with Crippen molar-refractivity contribution >= 4 is 51.8 Å². The van der Waals surface area contributed by atoms with Crippen LogP contribution in [0, 0.1) is 5.41 Å². The summed E-state index contributed by atoms with van der Waals surface area (Å²) in [4.78, 5) is 20.1. The SMILES string of the molecule is COc1ccc2ncc(Cl)c(C(F)CCC3(C(=O)O)CCN(CCCSc4cccc(Cl)c4)CC3)c2c1. The standard InChI is InChI=1S/C28H31Cl2FN2O3S/c1-36-20-6-7-25-22(17-20)26(23(30)18-32-25)24(31)8-9-28(27(34)35)10-13-33(14-11-28)12-3-15-37-21-5-2-4-19(29)16-21/h2,4-7,16-18,24H,3,8-15H2,1H3,(H,34,35). The van der Waals surface area contributed by atoms with Crippen molar-refractivity contribution in [3.05, 3.63) is 64.3 Å². The molecule has 1 aliphatic rings. The number of pyridine rings is 1. The molecule has 0 amide bonds. The first-order valence-electron chi connectivity index (χ1n) is 12.4. The maximum Gasteiger partial charge on any atom is 0.309 e. The van der Waals surface area contributed by atoms with Crippen LogP contribution in [0.4, 0.5) is 4.39 Å². The highest BCUT2D eigenvalue weighted by molar-refractivity contribution is 7.99. The second-order valence-electron chi connectivity index (χ2n) is 9.50. The smallest absolute Gasteiger partial charge is 0.309 e. The van der Waals surface area contributed by atoms with E-state index in [1.54, 1.807) is 37.1 Å². The quantitative estimate of drug-likeness (QED) is 0.190. The number of rotatable bonds is 11. The number of aromatic nitrogens is 1. The van der Waals surface area contributed by atoms with Gasteiger partial charge in [-0.05, 0) is 93.9 Å². The van der Waals surface area contributed by atoms with E-state index in [9.17, 15) is 9.90 Å². The second kappa shape index (κ2) is 12.7. The number of thioether (sulfide) groups is 1. The van der Waals surface area contributed by atoms with Crippen molar-refractivity contribution in [3.8, 4) is 5.75 Å². The molecule has 3 aromatic rings. The van der Waals surface area contributed by atoms with Crippen LogP contribution >= 0.6 is 35.0 Å². The number of carbonyl (C=O) groups is 1. The highest BCUT2D eigenvalue weighted by atomic mass is 35.5. The van der Waals surface area contributed by atoms with Crippen LogP contribution < -0.4 is 4.74 Å². The number of ether oxygens (including phenoxy) is 1. The van der Waals surface area contributed by atoms with Crippen LogP contribution in [0.5, 0.6) is 5.75 Å². The number of carboxylic acids is 1. The van der Waals surface area contributed by atoms with Crippen molar-refractivity contribution in [2.75, 3.05) is 32.5 Å². The zero-order chi connectivity index (χ0) is 26.4. The van der Waals surface area contributed by atoms with Gasteiger partial charge < -0.3 is 14.7 Å². The Morgan fingerprint density at radius 2 is 2.03 bits per heavy atom.